The summed E-state index contributed by atoms with van der Waals surface area (Å²) in [5.41, 5.74) is 7.63. The maximum atomic E-state index is 12.7. The average Bonchev–Trinajstić information content (AvgIpc) is 2.45. The highest BCUT2D eigenvalue weighted by molar-refractivity contribution is 5.79. The Hall–Kier alpha value is -1.55. The standard InChI is InChI=1S/C16H24N2O2/c1-12(2)18(11-13-4-3-5-15(17)10-13)16(19)14-6-8-20-9-7-14/h3-5,10,12,14H,6-9,11,17H2,1-2H3. The number of hydrogen-bond donors (Lipinski definition) is 1. The van der Waals surface area contributed by atoms with Gasteiger partial charge in [-0.25, -0.2) is 0 Å². The van der Waals surface area contributed by atoms with Gasteiger partial charge in [-0.2, -0.15) is 0 Å². The molecule has 1 aliphatic rings. The van der Waals surface area contributed by atoms with Gasteiger partial charge in [0.05, 0.1) is 0 Å². The fourth-order valence-electron chi connectivity index (χ4n) is 2.58. The molecule has 0 unspecified atom stereocenters. The van der Waals surface area contributed by atoms with E-state index in [0.717, 1.165) is 24.1 Å². The van der Waals surface area contributed by atoms with E-state index < -0.39 is 0 Å². The minimum Gasteiger partial charge on any atom is -0.399 e. The van der Waals surface area contributed by atoms with Crippen molar-refractivity contribution in [3.8, 4) is 0 Å². The van der Waals surface area contributed by atoms with E-state index in [1.54, 1.807) is 0 Å². The van der Waals surface area contributed by atoms with Gasteiger partial charge in [0, 0.05) is 37.4 Å². The second kappa shape index (κ2) is 6.75. The Labute approximate surface area is 120 Å². The van der Waals surface area contributed by atoms with Crippen LogP contribution < -0.4 is 5.73 Å². The molecular formula is C16H24N2O2. The molecule has 2 rings (SSSR count). The molecule has 110 valence electrons. The molecule has 0 spiro atoms. The van der Waals surface area contributed by atoms with Crippen LogP contribution in [-0.4, -0.2) is 30.1 Å². The van der Waals surface area contributed by atoms with Crippen molar-refractivity contribution in [3.05, 3.63) is 29.8 Å². The maximum Gasteiger partial charge on any atom is 0.226 e. The van der Waals surface area contributed by atoms with Gasteiger partial charge in [-0.05, 0) is 44.4 Å². The lowest BCUT2D eigenvalue weighted by molar-refractivity contribution is -0.141. The Morgan fingerprint density at radius 1 is 1.40 bits per heavy atom. The molecule has 0 aliphatic carbocycles. The van der Waals surface area contributed by atoms with Crippen LogP contribution in [0.25, 0.3) is 0 Å². The van der Waals surface area contributed by atoms with Crippen LogP contribution in [0, 0.1) is 5.92 Å². The molecule has 0 atom stereocenters. The van der Waals surface area contributed by atoms with Crippen molar-refractivity contribution in [2.45, 2.75) is 39.3 Å². The van der Waals surface area contributed by atoms with Gasteiger partial charge in [0.1, 0.15) is 0 Å². The molecule has 4 nitrogen and oxygen atoms in total. The zero-order chi connectivity index (χ0) is 14.5. The first-order chi connectivity index (χ1) is 9.58. The summed E-state index contributed by atoms with van der Waals surface area (Å²) in [6.45, 7) is 6.13. The van der Waals surface area contributed by atoms with Gasteiger partial charge in [-0.15, -0.1) is 0 Å². The minimum absolute atomic E-state index is 0.104. The summed E-state index contributed by atoms with van der Waals surface area (Å²) >= 11 is 0. The fraction of sp³-hybridized carbons (Fsp3) is 0.562. The third-order valence-electron chi connectivity index (χ3n) is 3.78. The minimum atomic E-state index is 0.104. The van der Waals surface area contributed by atoms with E-state index in [0.29, 0.717) is 19.8 Å². The van der Waals surface area contributed by atoms with Crippen molar-refractivity contribution in [2.24, 2.45) is 5.92 Å². The second-order valence-electron chi connectivity index (χ2n) is 5.69. The molecule has 0 aromatic heterocycles. The normalized spacial score (nSPS) is 16.4. The van der Waals surface area contributed by atoms with Crippen LogP contribution >= 0.6 is 0 Å². The highest BCUT2D eigenvalue weighted by atomic mass is 16.5. The topological polar surface area (TPSA) is 55.6 Å². The molecule has 1 saturated heterocycles. The van der Waals surface area contributed by atoms with Gasteiger partial charge in [0.25, 0.3) is 0 Å². The van der Waals surface area contributed by atoms with Crippen molar-refractivity contribution in [3.63, 3.8) is 0 Å². The number of ether oxygens (including phenoxy) is 1. The lowest BCUT2D eigenvalue weighted by Gasteiger charge is -2.32. The second-order valence-corrected chi connectivity index (χ2v) is 5.69. The van der Waals surface area contributed by atoms with Crippen LogP contribution in [-0.2, 0) is 16.1 Å². The monoisotopic (exact) mass is 276 g/mol. The Morgan fingerprint density at radius 2 is 2.10 bits per heavy atom. The molecule has 2 N–H and O–H groups in total. The Balaban J connectivity index is 2.08. The van der Waals surface area contributed by atoms with Crippen molar-refractivity contribution < 1.29 is 9.53 Å². The van der Waals surface area contributed by atoms with Crippen LogP contribution in [0.5, 0.6) is 0 Å². The van der Waals surface area contributed by atoms with Gasteiger partial charge in [-0.1, -0.05) is 12.1 Å². The number of carbonyl (C=O) groups excluding carboxylic acids is 1. The fourth-order valence-corrected chi connectivity index (χ4v) is 2.58. The molecule has 1 fully saturated rings. The summed E-state index contributed by atoms with van der Waals surface area (Å²) in [7, 11) is 0. The first-order valence-corrected chi connectivity index (χ1v) is 7.30. The van der Waals surface area contributed by atoms with E-state index in [2.05, 4.69) is 13.8 Å². The molecule has 1 heterocycles. The van der Waals surface area contributed by atoms with Crippen LogP contribution in [0.2, 0.25) is 0 Å². The summed E-state index contributed by atoms with van der Waals surface area (Å²) in [6, 6.07) is 7.94. The Bertz CT molecular complexity index is 454. The molecule has 0 radical (unpaired) electrons. The highest BCUT2D eigenvalue weighted by Gasteiger charge is 2.27. The number of benzene rings is 1. The summed E-state index contributed by atoms with van der Waals surface area (Å²) < 4.78 is 5.34. The van der Waals surface area contributed by atoms with E-state index >= 15 is 0 Å². The summed E-state index contributed by atoms with van der Waals surface area (Å²) in [5, 5.41) is 0. The number of carbonyl (C=O) groups is 1. The smallest absolute Gasteiger partial charge is 0.226 e. The highest BCUT2D eigenvalue weighted by Crippen LogP contribution is 2.21. The molecule has 4 heteroatoms. The summed E-state index contributed by atoms with van der Waals surface area (Å²) in [5.74, 6) is 0.345. The molecule has 1 aliphatic heterocycles. The third-order valence-corrected chi connectivity index (χ3v) is 3.78. The van der Waals surface area contributed by atoms with Gasteiger partial charge >= 0.3 is 0 Å². The zero-order valence-corrected chi connectivity index (χ0v) is 12.3. The Kier molecular flexibility index (Phi) is 5.01. The maximum absolute atomic E-state index is 12.7. The van der Waals surface area contributed by atoms with Crippen LogP contribution in [0.15, 0.2) is 24.3 Å². The van der Waals surface area contributed by atoms with E-state index in [1.807, 2.05) is 29.2 Å². The number of hydrogen-bond acceptors (Lipinski definition) is 3. The number of rotatable bonds is 4. The number of amides is 1. The number of nitrogens with zero attached hydrogens (tertiary/aromatic N) is 1. The van der Waals surface area contributed by atoms with Gasteiger partial charge in [0.15, 0.2) is 0 Å². The van der Waals surface area contributed by atoms with Crippen molar-refractivity contribution >= 4 is 11.6 Å². The molecular weight excluding hydrogens is 252 g/mol. The van der Waals surface area contributed by atoms with Crippen LogP contribution in [0.1, 0.15) is 32.3 Å². The zero-order valence-electron chi connectivity index (χ0n) is 12.3. The average molecular weight is 276 g/mol. The molecule has 20 heavy (non-hydrogen) atoms. The van der Waals surface area contributed by atoms with Gasteiger partial charge in [0.2, 0.25) is 5.91 Å². The molecule has 0 saturated carbocycles. The number of nitrogen functional groups attached to an aromatic ring is 1. The predicted octanol–water partition coefficient (Wildman–Crippen LogP) is 2.43. The lowest BCUT2D eigenvalue weighted by atomic mass is 9.97. The third kappa shape index (κ3) is 3.73. The largest absolute Gasteiger partial charge is 0.399 e. The predicted molar refractivity (Wildman–Crippen MR) is 80.1 cm³/mol. The van der Waals surface area contributed by atoms with Crippen molar-refractivity contribution in [1.29, 1.82) is 0 Å². The molecule has 1 amide bonds. The summed E-state index contributed by atoms with van der Waals surface area (Å²) in [6.07, 6.45) is 1.66. The van der Waals surface area contributed by atoms with E-state index in [9.17, 15) is 4.79 Å². The van der Waals surface area contributed by atoms with E-state index in [1.165, 1.54) is 0 Å². The van der Waals surface area contributed by atoms with Gasteiger partial charge < -0.3 is 15.4 Å². The quantitative estimate of drug-likeness (QED) is 0.859. The first kappa shape index (κ1) is 14.9. The van der Waals surface area contributed by atoms with Gasteiger partial charge in [-0.3, -0.25) is 4.79 Å². The molecule has 1 aromatic rings. The van der Waals surface area contributed by atoms with Crippen molar-refractivity contribution in [1.82, 2.24) is 4.90 Å². The van der Waals surface area contributed by atoms with Crippen LogP contribution in [0.3, 0.4) is 0 Å². The lowest BCUT2D eigenvalue weighted by Crippen LogP contribution is -2.42. The van der Waals surface area contributed by atoms with E-state index in [-0.39, 0.29) is 17.9 Å². The molecule has 0 bridgehead atoms. The van der Waals surface area contributed by atoms with Crippen molar-refractivity contribution in [2.75, 3.05) is 18.9 Å². The first-order valence-electron chi connectivity index (χ1n) is 7.30. The summed E-state index contributed by atoms with van der Waals surface area (Å²) in [4.78, 5) is 14.6. The number of anilines is 1. The van der Waals surface area contributed by atoms with Crippen LogP contribution in [0.4, 0.5) is 5.69 Å². The SMILES string of the molecule is CC(C)N(Cc1cccc(N)c1)C(=O)C1CCOCC1. The molecule has 1 aromatic carbocycles. The Morgan fingerprint density at radius 3 is 2.70 bits per heavy atom. The number of nitrogens with two attached hydrogens (primary N) is 1. The van der Waals surface area contributed by atoms with E-state index in [4.69, 9.17) is 10.5 Å².